The molecule has 1 aromatic carbocycles. The number of rotatable bonds is 2. The molecule has 2 atom stereocenters. The Kier molecular flexibility index (Phi) is 5.10. The number of carbonyl (C=O) groups is 1. The van der Waals surface area contributed by atoms with Crippen LogP contribution in [0.1, 0.15) is 18.5 Å². The summed E-state index contributed by atoms with van der Waals surface area (Å²) in [5.74, 6) is 0.312. The van der Waals surface area contributed by atoms with Gasteiger partial charge in [-0.2, -0.15) is 0 Å². The van der Waals surface area contributed by atoms with Gasteiger partial charge in [0.2, 0.25) is 5.91 Å². The first kappa shape index (κ1) is 15.4. The van der Waals surface area contributed by atoms with Gasteiger partial charge in [-0.05, 0) is 13.0 Å². The van der Waals surface area contributed by atoms with Crippen LogP contribution in [0.2, 0.25) is 10.0 Å². The largest absolute Gasteiger partial charge is 0.489 e. The zero-order valence-electron chi connectivity index (χ0n) is 9.57. The van der Waals surface area contributed by atoms with E-state index in [1.54, 1.807) is 19.1 Å². The van der Waals surface area contributed by atoms with E-state index in [1.165, 1.54) is 0 Å². The van der Waals surface area contributed by atoms with Crippen molar-refractivity contribution in [3.8, 4) is 5.75 Å². The van der Waals surface area contributed by atoms with E-state index in [9.17, 15) is 4.79 Å². The Balaban J connectivity index is 0.00000162. The lowest BCUT2D eigenvalue weighted by Crippen LogP contribution is -2.40. The van der Waals surface area contributed by atoms with E-state index in [0.29, 0.717) is 22.4 Å². The molecule has 1 heterocycles. The minimum absolute atomic E-state index is 0. The summed E-state index contributed by atoms with van der Waals surface area (Å²) in [6.07, 6.45) is 0. The molecule has 2 rings (SSSR count). The predicted octanol–water partition coefficient (Wildman–Crippen LogP) is 2.31. The van der Waals surface area contributed by atoms with Crippen LogP contribution in [0.5, 0.6) is 5.75 Å². The third-order valence-corrected chi connectivity index (χ3v) is 3.37. The van der Waals surface area contributed by atoms with Crippen LogP contribution < -0.4 is 15.8 Å². The van der Waals surface area contributed by atoms with Crippen LogP contribution in [-0.4, -0.2) is 18.6 Å². The van der Waals surface area contributed by atoms with Gasteiger partial charge in [-0.25, -0.2) is 0 Å². The van der Waals surface area contributed by atoms with Crippen molar-refractivity contribution in [1.29, 1.82) is 0 Å². The Bertz CT molecular complexity index is 466. The highest BCUT2D eigenvalue weighted by molar-refractivity contribution is 6.43. The molecule has 7 heteroatoms. The highest BCUT2D eigenvalue weighted by atomic mass is 35.5. The number of nitrogens with one attached hydrogen (secondary N) is 1. The molecule has 0 radical (unpaired) electrons. The van der Waals surface area contributed by atoms with Crippen LogP contribution in [0.3, 0.4) is 0 Å². The molecule has 0 saturated carbocycles. The first-order valence-corrected chi connectivity index (χ1v) is 5.93. The maximum atomic E-state index is 11.5. The van der Waals surface area contributed by atoms with Gasteiger partial charge in [0.1, 0.15) is 17.4 Å². The quantitative estimate of drug-likeness (QED) is 0.881. The van der Waals surface area contributed by atoms with Crippen molar-refractivity contribution in [3.63, 3.8) is 0 Å². The van der Waals surface area contributed by atoms with Gasteiger partial charge in [-0.1, -0.05) is 29.3 Å². The number of nitrogens with two attached hydrogens (primary N) is 1. The molecule has 4 nitrogen and oxygen atoms in total. The Hall–Kier alpha value is -0.680. The van der Waals surface area contributed by atoms with Gasteiger partial charge < -0.3 is 15.8 Å². The minimum atomic E-state index is -0.554. The number of amides is 1. The lowest BCUT2D eigenvalue weighted by atomic mass is 10.1. The summed E-state index contributed by atoms with van der Waals surface area (Å²) in [6, 6.07) is 2.70. The SMILES string of the molecule is C[C@@H](N)C(=O)NC1COc2c1ccc(Cl)c2Cl.Cl. The number of hydrogen-bond acceptors (Lipinski definition) is 3. The molecule has 1 aliphatic rings. The highest BCUT2D eigenvalue weighted by Gasteiger charge is 2.29. The van der Waals surface area contributed by atoms with Crippen molar-refractivity contribution in [2.45, 2.75) is 19.0 Å². The van der Waals surface area contributed by atoms with Gasteiger partial charge in [0.25, 0.3) is 0 Å². The molecule has 1 amide bonds. The number of hydrogen-bond donors (Lipinski definition) is 2. The molecule has 1 aromatic rings. The molecular weight excluding hydrogens is 298 g/mol. The van der Waals surface area contributed by atoms with Gasteiger partial charge in [0, 0.05) is 5.56 Å². The molecule has 0 spiro atoms. The van der Waals surface area contributed by atoms with Crippen LogP contribution in [0.4, 0.5) is 0 Å². The van der Waals surface area contributed by atoms with Crippen LogP contribution in [-0.2, 0) is 4.79 Å². The molecule has 0 aliphatic carbocycles. The average Bonchev–Trinajstić information content (AvgIpc) is 2.67. The predicted molar refractivity (Wildman–Crippen MR) is 73.7 cm³/mol. The fourth-order valence-electron chi connectivity index (χ4n) is 1.65. The molecule has 0 bridgehead atoms. The van der Waals surface area contributed by atoms with E-state index >= 15 is 0 Å². The molecule has 3 N–H and O–H groups in total. The van der Waals surface area contributed by atoms with E-state index in [0.717, 1.165) is 5.56 Å². The van der Waals surface area contributed by atoms with Crippen molar-refractivity contribution in [3.05, 3.63) is 27.7 Å². The molecule has 18 heavy (non-hydrogen) atoms. The van der Waals surface area contributed by atoms with Gasteiger partial charge >= 0.3 is 0 Å². The topological polar surface area (TPSA) is 64.4 Å². The van der Waals surface area contributed by atoms with Crippen molar-refractivity contribution in [2.75, 3.05) is 6.61 Å². The van der Waals surface area contributed by atoms with Crippen LogP contribution >= 0.6 is 35.6 Å². The average molecular weight is 312 g/mol. The summed E-state index contributed by atoms with van der Waals surface area (Å²) in [6.45, 7) is 1.97. The number of fused-ring (bicyclic) bond motifs is 1. The molecule has 0 saturated heterocycles. The Morgan fingerprint density at radius 2 is 2.22 bits per heavy atom. The monoisotopic (exact) mass is 310 g/mol. The van der Waals surface area contributed by atoms with Gasteiger partial charge in [0.05, 0.1) is 17.1 Å². The Morgan fingerprint density at radius 1 is 1.56 bits per heavy atom. The molecule has 100 valence electrons. The third kappa shape index (κ3) is 2.83. The van der Waals surface area contributed by atoms with E-state index in [1.807, 2.05) is 0 Å². The van der Waals surface area contributed by atoms with E-state index in [2.05, 4.69) is 5.32 Å². The van der Waals surface area contributed by atoms with Gasteiger partial charge in [-0.3, -0.25) is 4.79 Å². The number of carbonyl (C=O) groups excluding carboxylic acids is 1. The smallest absolute Gasteiger partial charge is 0.237 e. The number of halogens is 3. The molecule has 1 aliphatic heterocycles. The zero-order valence-corrected chi connectivity index (χ0v) is 11.9. The molecule has 1 unspecified atom stereocenters. The summed E-state index contributed by atoms with van der Waals surface area (Å²) < 4.78 is 5.43. The number of ether oxygens (including phenoxy) is 1. The standard InChI is InChI=1S/C11H12Cl2N2O2.ClH/c1-5(14)11(16)15-8-4-17-10-6(8)2-3-7(12)9(10)13;/h2-3,5,8H,4,14H2,1H3,(H,15,16);1H/t5-,8?;/m1./s1. The summed E-state index contributed by atoms with van der Waals surface area (Å²) in [5, 5.41) is 3.60. The fraction of sp³-hybridized carbons (Fsp3) is 0.364. The second-order valence-corrected chi connectivity index (χ2v) is 4.73. The van der Waals surface area contributed by atoms with Crippen molar-refractivity contribution in [2.24, 2.45) is 5.73 Å². The minimum Gasteiger partial charge on any atom is -0.489 e. The summed E-state index contributed by atoms with van der Waals surface area (Å²) in [4.78, 5) is 11.5. The maximum Gasteiger partial charge on any atom is 0.237 e. The second kappa shape index (κ2) is 5.97. The van der Waals surface area contributed by atoms with Gasteiger partial charge in [-0.15, -0.1) is 12.4 Å². The van der Waals surface area contributed by atoms with Crippen LogP contribution in [0.25, 0.3) is 0 Å². The Morgan fingerprint density at radius 3 is 2.83 bits per heavy atom. The Labute approximate surface area is 121 Å². The zero-order chi connectivity index (χ0) is 12.6. The van der Waals surface area contributed by atoms with Crippen LogP contribution in [0, 0.1) is 0 Å². The normalized spacial score (nSPS) is 18.3. The summed E-state index contributed by atoms with van der Waals surface area (Å²) >= 11 is 11.9. The first-order valence-electron chi connectivity index (χ1n) is 5.17. The first-order chi connectivity index (χ1) is 8.00. The lowest BCUT2D eigenvalue weighted by Gasteiger charge is -2.13. The summed E-state index contributed by atoms with van der Waals surface area (Å²) in [7, 11) is 0. The van der Waals surface area contributed by atoms with E-state index in [4.69, 9.17) is 33.7 Å². The van der Waals surface area contributed by atoms with Crippen LogP contribution in [0.15, 0.2) is 12.1 Å². The molecule has 0 fully saturated rings. The van der Waals surface area contributed by atoms with E-state index < -0.39 is 6.04 Å². The molecule has 0 aromatic heterocycles. The highest BCUT2D eigenvalue weighted by Crippen LogP contribution is 2.41. The fourth-order valence-corrected chi connectivity index (χ4v) is 2.02. The summed E-state index contributed by atoms with van der Waals surface area (Å²) in [5.41, 5.74) is 6.32. The van der Waals surface area contributed by atoms with Gasteiger partial charge in [0.15, 0.2) is 0 Å². The van der Waals surface area contributed by atoms with Crippen molar-refractivity contribution in [1.82, 2.24) is 5.32 Å². The van der Waals surface area contributed by atoms with Crippen molar-refractivity contribution >= 4 is 41.5 Å². The third-order valence-electron chi connectivity index (χ3n) is 2.58. The maximum absolute atomic E-state index is 11.5. The van der Waals surface area contributed by atoms with Crippen molar-refractivity contribution < 1.29 is 9.53 Å². The number of benzene rings is 1. The molecular formula is C11H13Cl3N2O2. The second-order valence-electron chi connectivity index (χ2n) is 3.94. The van der Waals surface area contributed by atoms with E-state index in [-0.39, 0.29) is 24.4 Å². The lowest BCUT2D eigenvalue weighted by molar-refractivity contribution is -0.122.